The largest absolute Gasteiger partial charge is 0.351 e. The van der Waals surface area contributed by atoms with Crippen LogP contribution in [0.25, 0.3) is 0 Å². The Morgan fingerprint density at radius 2 is 1.65 bits per heavy atom. The quantitative estimate of drug-likeness (QED) is 0.619. The maximum atomic E-state index is 12.6. The first-order valence-electron chi connectivity index (χ1n) is 6.18. The van der Waals surface area contributed by atoms with Gasteiger partial charge in [-0.3, -0.25) is 14.9 Å². The maximum absolute atomic E-state index is 12.6. The van der Waals surface area contributed by atoms with E-state index in [0.717, 1.165) is 0 Å². The third-order valence-electron chi connectivity index (χ3n) is 3.73. The molecule has 1 amide bonds. The molecule has 1 heterocycles. The van der Waals surface area contributed by atoms with Crippen LogP contribution in [0.15, 0.2) is 54.6 Å². The van der Waals surface area contributed by atoms with Gasteiger partial charge < -0.3 is 4.90 Å². The van der Waals surface area contributed by atoms with Crippen LogP contribution >= 0.6 is 0 Å². The predicted octanol–water partition coefficient (Wildman–Crippen LogP) is 2.18. The summed E-state index contributed by atoms with van der Waals surface area (Å²) >= 11 is 0. The highest BCUT2D eigenvalue weighted by molar-refractivity contribution is 6.08. The van der Waals surface area contributed by atoms with Gasteiger partial charge in [0.15, 0.2) is 0 Å². The van der Waals surface area contributed by atoms with Crippen molar-refractivity contribution in [2.24, 2.45) is 0 Å². The van der Waals surface area contributed by atoms with Crippen LogP contribution in [0.5, 0.6) is 0 Å². The second kappa shape index (κ2) is 4.16. The number of hydrogen-bond acceptors (Lipinski definition) is 3. The summed E-state index contributed by atoms with van der Waals surface area (Å²) in [5.74, 6) is -0.532. The zero-order valence-corrected chi connectivity index (χ0v) is 10.8. The van der Waals surface area contributed by atoms with Crippen LogP contribution in [0.4, 0.5) is 5.69 Å². The Balaban J connectivity index is 2.38. The smallest absolute Gasteiger partial charge is 0.308 e. The Morgan fingerprint density at radius 1 is 1.05 bits per heavy atom. The summed E-state index contributed by atoms with van der Waals surface area (Å²) < 4.78 is 0. The molecule has 1 aliphatic heterocycles. The second-order valence-corrected chi connectivity index (χ2v) is 4.71. The number of amides is 1. The fourth-order valence-electron chi connectivity index (χ4n) is 2.78. The number of anilines is 1. The Morgan fingerprint density at radius 3 is 2.30 bits per heavy atom. The number of rotatable bonds is 2. The lowest BCUT2D eigenvalue weighted by molar-refractivity contribution is -0.546. The predicted molar refractivity (Wildman–Crippen MR) is 74.1 cm³/mol. The minimum Gasteiger partial charge on any atom is -0.308 e. The molecule has 5 heteroatoms. The van der Waals surface area contributed by atoms with Crippen LogP contribution in [0.3, 0.4) is 0 Å². The number of nitrogens with zero attached hydrogens (tertiary/aromatic N) is 2. The standard InChI is InChI=1S/C15H12N2O3/c1-16-13-10-6-5-9-12(13)15(14(16)18,17(19)20)11-7-3-2-4-8-11/h2-10H,1H3. The fraction of sp³-hybridized carbons (Fsp3) is 0.133. The number of para-hydroxylation sites is 1. The Hall–Kier alpha value is -2.69. The first-order valence-corrected chi connectivity index (χ1v) is 6.18. The van der Waals surface area contributed by atoms with Gasteiger partial charge in [-0.05, 0) is 12.1 Å². The number of hydrogen-bond donors (Lipinski definition) is 0. The normalized spacial score (nSPS) is 20.9. The molecule has 0 bridgehead atoms. The molecule has 2 aromatic carbocycles. The van der Waals surface area contributed by atoms with Crippen molar-refractivity contribution in [2.45, 2.75) is 5.54 Å². The number of nitro groups is 1. The lowest BCUT2D eigenvalue weighted by atomic mass is 9.84. The van der Waals surface area contributed by atoms with E-state index in [1.807, 2.05) is 0 Å². The molecular weight excluding hydrogens is 256 g/mol. The van der Waals surface area contributed by atoms with Gasteiger partial charge >= 0.3 is 11.4 Å². The van der Waals surface area contributed by atoms with Crippen molar-refractivity contribution in [1.82, 2.24) is 0 Å². The van der Waals surface area contributed by atoms with Gasteiger partial charge in [-0.1, -0.05) is 42.5 Å². The highest BCUT2D eigenvalue weighted by Crippen LogP contribution is 2.45. The van der Waals surface area contributed by atoms with Gasteiger partial charge in [-0.2, -0.15) is 0 Å². The molecule has 1 atom stereocenters. The van der Waals surface area contributed by atoms with Gasteiger partial charge in [0, 0.05) is 17.5 Å². The van der Waals surface area contributed by atoms with Crippen LogP contribution in [0, 0.1) is 10.1 Å². The van der Waals surface area contributed by atoms with E-state index in [2.05, 4.69) is 0 Å². The third kappa shape index (κ3) is 1.34. The average molecular weight is 268 g/mol. The van der Waals surface area contributed by atoms with Gasteiger partial charge in [0.1, 0.15) is 0 Å². The SMILES string of the molecule is CN1C(=O)C(c2ccccc2)([N+](=O)[O-])c2ccccc21. The lowest BCUT2D eigenvalue weighted by Gasteiger charge is -2.19. The Kier molecular flexibility index (Phi) is 2.57. The Labute approximate surface area is 115 Å². The summed E-state index contributed by atoms with van der Waals surface area (Å²) in [6, 6.07) is 15.3. The zero-order chi connectivity index (χ0) is 14.3. The number of carbonyl (C=O) groups is 1. The second-order valence-electron chi connectivity index (χ2n) is 4.71. The minimum atomic E-state index is -1.84. The van der Waals surface area contributed by atoms with Crippen LogP contribution in [0.2, 0.25) is 0 Å². The van der Waals surface area contributed by atoms with Crippen LogP contribution in [0.1, 0.15) is 11.1 Å². The molecule has 2 aromatic rings. The fourth-order valence-corrected chi connectivity index (χ4v) is 2.78. The number of carbonyl (C=O) groups excluding carboxylic acids is 1. The van der Waals surface area contributed by atoms with Gasteiger partial charge in [-0.15, -0.1) is 0 Å². The number of benzene rings is 2. The summed E-state index contributed by atoms with van der Waals surface area (Å²) in [6.45, 7) is 0. The summed E-state index contributed by atoms with van der Waals surface area (Å²) in [5, 5.41) is 11.8. The van der Waals surface area contributed by atoms with E-state index in [-0.39, 0.29) is 0 Å². The minimum absolute atomic E-state index is 0.381. The molecule has 0 saturated carbocycles. The van der Waals surface area contributed by atoms with Crippen molar-refractivity contribution in [3.05, 3.63) is 75.8 Å². The molecule has 0 spiro atoms. The van der Waals surface area contributed by atoms with E-state index in [1.54, 1.807) is 61.6 Å². The molecule has 0 saturated heterocycles. The number of likely N-dealkylation sites (N-methyl/N-ethyl adjacent to an activating group) is 1. The molecule has 1 unspecified atom stereocenters. The van der Waals surface area contributed by atoms with Gasteiger partial charge in [0.2, 0.25) is 0 Å². The molecule has 3 rings (SSSR count). The monoisotopic (exact) mass is 268 g/mol. The maximum Gasteiger partial charge on any atom is 0.351 e. The topological polar surface area (TPSA) is 63.5 Å². The van der Waals surface area contributed by atoms with E-state index in [4.69, 9.17) is 0 Å². The van der Waals surface area contributed by atoms with E-state index >= 15 is 0 Å². The zero-order valence-electron chi connectivity index (χ0n) is 10.8. The molecule has 1 aliphatic rings. The average Bonchev–Trinajstić information content (AvgIpc) is 2.70. The third-order valence-corrected chi connectivity index (χ3v) is 3.73. The lowest BCUT2D eigenvalue weighted by Crippen LogP contribution is -2.45. The van der Waals surface area contributed by atoms with Gasteiger partial charge in [0.05, 0.1) is 11.3 Å². The van der Waals surface area contributed by atoms with Crippen molar-refractivity contribution >= 4 is 11.6 Å². The summed E-state index contributed by atoms with van der Waals surface area (Å²) in [6.07, 6.45) is 0. The van der Waals surface area contributed by atoms with E-state index in [1.165, 1.54) is 4.90 Å². The van der Waals surface area contributed by atoms with Gasteiger partial charge in [0.25, 0.3) is 0 Å². The van der Waals surface area contributed by atoms with E-state index in [9.17, 15) is 14.9 Å². The molecule has 0 fully saturated rings. The van der Waals surface area contributed by atoms with Crippen LogP contribution < -0.4 is 4.90 Å². The van der Waals surface area contributed by atoms with Crippen LogP contribution in [-0.2, 0) is 10.3 Å². The summed E-state index contributed by atoms with van der Waals surface area (Å²) in [4.78, 5) is 25.3. The van der Waals surface area contributed by atoms with Crippen molar-refractivity contribution < 1.29 is 9.72 Å². The molecule has 20 heavy (non-hydrogen) atoms. The van der Waals surface area contributed by atoms with Crippen molar-refractivity contribution in [3.8, 4) is 0 Å². The number of fused-ring (bicyclic) bond motifs is 1. The first kappa shape index (κ1) is 12.3. The van der Waals surface area contributed by atoms with Crippen molar-refractivity contribution in [2.75, 3.05) is 11.9 Å². The van der Waals surface area contributed by atoms with E-state index in [0.29, 0.717) is 16.8 Å². The van der Waals surface area contributed by atoms with Crippen LogP contribution in [-0.4, -0.2) is 17.9 Å². The molecule has 0 aromatic heterocycles. The van der Waals surface area contributed by atoms with Crippen molar-refractivity contribution in [3.63, 3.8) is 0 Å². The summed E-state index contributed by atoms with van der Waals surface area (Å²) in [5.41, 5.74) is -0.458. The molecule has 5 nitrogen and oxygen atoms in total. The molecule has 0 N–H and O–H groups in total. The molecular formula is C15H12N2O3. The Bertz CT molecular complexity index is 699. The first-order chi connectivity index (χ1) is 9.60. The summed E-state index contributed by atoms with van der Waals surface area (Å²) in [7, 11) is 1.56. The molecule has 0 radical (unpaired) electrons. The van der Waals surface area contributed by atoms with Crippen molar-refractivity contribution in [1.29, 1.82) is 0 Å². The highest BCUT2D eigenvalue weighted by atomic mass is 16.6. The van der Waals surface area contributed by atoms with Gasteiger partial charge in [-0.25, -0.2) is 0 Å². The molecule has 100 valence electrons. The van der Waals surface area contributed by atoms with E-state index < -0.39 is 16.4 Å². The molecule has 0 aliphatic carbocycles. The highest BCUT2D eigenvalue weighted by Gasteiger charge is 2.61.